The zero-order valence-electron chi connectivity index (χ0n) is 13.8. The van der Waals surface area contributed by atoms with Gasteiger partial charge in [0, 0.05) is 18.2 Å². The molecule has 152 valence electrons. The summed E-state index contributed by atoms with van der Waals surface area (Å²) in [4.78, 5) is 14.8. The fourth-order valence-corrected chi connectivity index (χ4v) is 4.99. The number of pyridine rings is 1. The molecule has 1 unspecified atom stereocenters. The molecule has 0 aliphatic rings. The molecule has 28 heavy (non-hydrogen) atoms. The van der Waals surface area contributed by atoms with Gasteiger partial charge in [0.05, 0.1) is 5.75 Å². The summed E-state index contributed by atoms with van der Waals surface area (Å²) in [6.07, 6.45) is 0.420. The third kappa shape index (κ3) is 5.28. The van der Waals surface area contributed by atoms with E-state index < -0.39 is 60.0 Å². The maximum atomic E-state index is 14.4. The highest BCUT2D eigenvalue weighted by Crippen LogP contribution is 2.38. The van der Waals surface area contributed by atoms with Gasteiger partial charge in [-0.2, -0.15) is 0 Å². The van der Waals surface area contributed by atoms with Crippen LogP contribution in [0.4, 0.5) is 13.2 Å². The van der Waals surface area contributed by atoms with Crippen molar-refractivity contribution in [3.05, 3.63) is 64.7 Å². The van der Waals surface area contributed by atoms with Crippen LogP contribution in [-0.4, -0.2) is 28.9 Å². The first-order chi connectivity index (χ1) is 12.8. The van der Waals surface area contributed by atoms with Crippen molar-refractivity contribution < 1.29 is 26.4 Å². The maximum Gasteiger partial charge on any atom is 0.267 e. The first kappa shape index (κ1) is 22.7. The smallest absolute Gasteiger partial charge is 0.267 e. The molecular formula is C16H12Cl3F3N2O3S. The molecular weight excluding hydrogens is 464 g/mol. The summed E-state index contributed by atoms with van der Waals surface area (Å²) in [5.41, 5.74) is 3.59. The minimum atomic E-state index is -4.41. The van der Waals surface area contributed by atoms with Gasteiger partial charge in [0.2, 0.25) is 0 Å². The Morgan fingerprint density at radius 1 is 1.11 bits per heavy atom. The minimum absolute atomic E-state index is 0.207. The molecule has 12 heteroatoms. The molecule has 2 N–H and O–H groups in total. The number of nitrogens with two attached hydrogens (primary N) is 1. The zero-order valence-corrected chi connectivity index (χ0v) is 16.9. The Kier molecular flexibility index (Phi) is 6.86. The van der Waals surface area contributed by atoms with Gasteiger partial charge in [-0.1, -0.05) is 40.9 Å². The molecule has 0 saturated heterocycles. The number of aromatic nitrogens is 1. The molecule has 0 radical (unpaired) electrons. The Balaban J connectivity index is 2.66. The Morgan fingerprint density at radius 2 is 1.71 bits per heavy atom. The number of benzene rings is 1. The Bertz CT molecular complexity index is 997. The summed E-state index contributed by atoms with van der Waals surface area (Å²) in [6.45, 7) is 0. The van der Waals surface area contributed by atoms with Gasteiger partial charge in [-0.3, -0.25) is 9.78 Å². The van der Waals surface area contributed by atoms with Crippen LogP contribution in [0.1, 0.15) is 33.3 Å². The van der Waals surface area contributed by atoms with Gasteiger partial charge in [0.1, 0.15) is 16.8 Å². The molecule has 2 aromatic rings. The highest BCUT2D eigenvalue weighted by molar-refractivity contribution is 7.91. The second-order valence-corrected chi connectivity index (χ2v) is 10.4. The lowest BCUT2D eigenvalue weighted by molar-refractivity contribution is 0.0995. The topological polar surface area (TPSA) is 90.1 Å². The molecule has 1 amide bonds. The molecule has 1 atom stereocenters. The molecule has 5 nitrogen and oxygen atoms in total. The number of carbonyl (C=O) groups is 1. The standard InChI is InChI=1S/C16H12Cl3F3N2O3S/c17-16(18,19)5-6-28(26,27)14(8-1-4-11(15(23)25)24-7-8)12-9(20)2-3-10(21)13(12)22/h1-4,7,14H,5-6H2,(H2,23,25). The van der Waals surface area contributed by atoms with Crippen LogP contribution in [0.2, 0.25) is 0 Å². The van der Waals surface area contributed by atoms with Crippen molar-refractivity contribution in [3.63, 3.8) is 0 Å². The second-order valence-electron chi connectivity index (χ2n) is 5.71. The fourth-order valence-electron chi connectivity index (χ4n) is 2.42. The lowest BCUT2D eigenvalue weighted by Gasteiger charge is -2.21. The van der Waals surface area contributed by atoms with Crippen molar-refractivity contribution in [2.75, 3.05) is 5.75 Å². The van der Waals surface area contributed by atoms with Crippen molar-refractivity contribution in [2.24, 2.45) is 5.73 Å². The Morgan fingerprint density at radius 3 is 2.21 bits per heavy atom. The summed E-state index contributed by atoms with van der Waals surface area (Å²) >= 11 is 16.7. The normalized spacial score (nSPS) is 13.4. The largest absolute Gasteiger partial charge is 0.364 e. The number of hydrogen-bond donors (Lipinski definition) is 1. The van der Waals surface area contributed by atoms with E-state index in [-0.39, 0.29) is 11.3 Å². The van der Waals surface area contributed by atoms with Crippen LogP contribution in [0.25, 0.3) is 0 Å². The predicted molar refractivity (Wildman–Crippen MR) is 99.6 cm³/mol. The summed E-state index contributed by atoms with van der Waals surface area (Å²) in [7, 11) is -4.41. The van der Waals surface area contributed by atoms with Crippen molar-refractivity contribution in [3.8, 4) is 0 Å². The van der Waals surface area contributed by atoms with Crippen molar-refractivity contribution in [1.29, 1.82) is 0 Å². The lowest BCUT2D eigenvalue weighted by atomic mass is 10.0. The maximum absolute atomic E-state index is 14.4. The average Bonchev–Trinajstić information content (AvgIpc) is 2.60. The number of hydrogen-bond acceptors (Lipinski definition) is 4. The molecule has 0 bridgehead atoms. The third-order valence-electron chi connectivity index (χ3n) is 3.71. The number of alkyl halides is 3. The van der Waals surface area contributed by atoms with Gasteiger partial charge < -0.3 is 5.73 Å². The second kappa shape index (κ2) is 8.44. The SMILES string of the molecule is NC(=O)c1ccc(C(c2c(F)ccc(F)c2F)S(=O)(=O)CCC(Cl)(Cl)Cl)cn1. The molecule has 0 fully saturated rings. The molecule has 0 aliphatic heterocycles. The quantitative estimate of drug-likeness (QED) is 0.507. The van der Waals surface area contributed by atoms with E-state index in [1.807, 2.05) is 0 Å². The van der Waals surface area contributed by atoms with E-state index >= 15 is 0 Å². The predicted octanol–water partition coefficient (Wildman–Crippen LogP) is 3.86. The lowest BCUT2D eigenvalue weighted by Crippen LogP contribution is -2.24. The van der Waals surface area contributed by atoms with E-state index in [2.05, 4.69) is 4.98 Å². The summed E-state index contributed by atoms with van der Waals surface area (Å²) in [5.74, 6) is -6.09. The van der Waals surface area contributed by atoms with Gasteiger partial charge in [0.25, 0.3) is 5.91 Å². The van der Waals surface area contributed by atoms with E-state index in [0.29, 0.717) is 12.1 Å². The van der Waals surface area contributed by atoms with E-state index in [1.54, 1.807) is 0 Å². The van der Waals surface area contributed by atoms with Gasteiger partial charge in [0.15, 0.2) is 25.3 Å². The van der Waals surface area contributed by atoms with Crippen LogP contribution in [0.15, 0.2) is 30.5 Å². The molecule has 1 heterocycles. The highest BCUT2D eigenvalue weighted by atomic mass is 35.6. The molecule has 1 aromatic carbocycles. The summed E-state index contributed by atoms with van der Waals surface area (Å²) in [5, 5.41) is -2.00. The zero-order chi connectivity index (χ0) is 21.3. The Labute approximate surface area is 173 Å². The van der Waals surface area contributed by atoms with Crippen LogP contribution in [-0.2, 0) is 9.84 Å². The molecule has 0 spiro atoms. The number of halogens is 6. The van der Waals surface area contributed by atoms with E-state index in [0.717, 1.165) is 18.3 Å². The van der Waals surface area contributed by atoms with Crippen LogP contribution in [0.5, 0.6) is 0 Å². The van der Waals surface area contributed by atoms with E-state index in [4.69, 9.17) is 40.5 Å². The van der Waals surface area contributed by atoms with Crippen LogP contribution in [0, 0.1) is 17.5 Å². The number of rotatable bonds is 6. The first-order valence-electron chi connectivity index (χ1n) is 7.51. The fraction of sp³-hybridized carbons (Fsp3) is 0.250. The van der Waals surface area contributed by atoms with Gasteiger partial charge in [-0.25, -0.2) is 21.6 Å². The minimum Gasteiger partial charge on any atom is -0.364 e. The number of nitrogens with zero attached hydrogens (tertiary/aromatic N) is 1. The number of amides is 1. The number of carbonyl (C=O) groups excluding carboxylic acids is 1. The Hall–Kier alpha value is -1.55. The van der Waals surface area contributed by atoms with Crippen molar-refractivity contribution >= 4 is 50.5 Å². The number of sulfone groups is 1. The molecule has 0 saturated carbocycles. The van der Waals surface area contributed by atoms with Crippen LogP contribution < -0.4 is 5.73 Å². The van der Waals surface area contributed by atoms with Crippen LogP contribution >= 0.6 is 34.8 Å². The number of primary amides is 1. The van der Waals surface area contributed by atoms with Gasteiger partial charge in [-0.15, -0.1) is 0 Å². The monoisotopic (exact) mass is 474 g/mol. The summed E-state index contributed by atoms with van der Waals surface area (Å²) < 4.78 is 66.2. The molecule has 0 aliphatic carbocycles. The van der Waals surface area contributed by atoms with Crippen LogP contribution in [0.3, 0.4) is 0 Å². The molecule has 2 rings (SSSR count). The van der Waals surface area contributed by atoms with E-state index in [9.17, 15) is 26.4 Å². The molecule has 1 aromatic heterocycles. The first-order valence-corrected chi connectivity index (χ1v) is 10.4. The summed E-state index contributed by atoms with van der Waals surface area (Å²) in [6, 6.07) is 3.28. The third-order valence-corrected chi connectivity index (χ3v) is 6.28. The van der Waals surface area contributed by atoms with Gasteiger partial charge >= 0.3 is 0 Å². The van der Waals surface area contributed by atoms with Gasteiger partial charge in [-0.05, 0) is 23.8 Å². The average molecular weight is 476 g/mol. The van der Waals surface area contributed by atoms with Crippen molar-refractivity contribution in [1.82, 2.24) is 4.98 Å². The van der Waals surface area contributed by atoms with Crippen molar-refractivity contribution in [2.45, 2.75) is 15.5 Å². The van der Waals surface area contributed by atoms with E-state index in [1.165, 1.54) is 0 Å². The highest BCUT2D eigenvalue weighted by Gasteiger charge is 2.37.